The summed E-state index contributed by atoms with van der Waals surface area (Å²) in [5.41, 5.74) is 7.57. The highest BCUT2D eigenvalue weighted by Gasteiger charge is 2.23. The first-order valence-corrected chi connectivity index (χ1v) is 18.6. The van der Waals surface area contributed by atoms with Gasteiger partial charge in [-0.05, 0) is 100 Å². The number of halogens is 1. The van der Waals surface area contributed by atoms with Crippen LogP contribution in [0.3, 0.4) is 0 Å². The Bertz CT molecular complexity index is 2390. The van der Waals surface area contributed by atoms with Crippen LogP contribution in [0.15, 0.2) is 75.0 Å². The van der Waals surface area contributed by atoms with Crippen molar-refractivity contribution in [3.8, 4) is 0 Å². The van der Waals surface area contributed by atoms with E-state index in [-0.39, 0.29) is 33.9 Å². The van der Waals surface area contributed by atoms with Gasteiger partial charge in [-0.15, -0.1) is 0 Å². The molecule has 0 unspecified atom stereocenters. The second-order valence-corrected chi connectivity index (χ2v) is 14.3. The topological polar surface area (TPSA) is 105 Å². The average molecular weight is 707 g/mol. The Hall–Kier alpha value is -4.99. The second kappa shape index (κ2) is 16.6. The van der Waals surface area contributed by atoms with Crippen molar-refractivity contribution >= 4 is 33.1 Å². The minimum Gasteiger partial charge on any atom is -0.305 e. The Morgan fingerprint density at radius 3 is 1.98 bits per heavy atom. The van der Waals surface area contributed by atoms with Gasteiger partial charge in [0.05, 0.1) is 27.6 Å². The Kier molecular flexibility index (Phi) is 12.2. The van der Waals surface area contributed by atoms with E-state index in [2.05, 4.69) is 15.0 Å². The zero-order chi connectivity index (χ0) is 37.7. The number of benzene rings is 3. The van der Waals surface area contributed by atoms with Crippen LogP contribution in [0.2, 0.25) is 0 Å². The molecular formula is C42H51FN6O3. The summed E-state index contributed by atoms with van der Waals surface area (Å²) in [4.78, 5) is 49.9. The highest BCUT2D eigenvalue weighted by molar-refractivity contribution is 5.76. The molecule has 0 atom stereocenters. The Balaban J connectivity index is 0.000000151. The molecule has 3 heterocycles. The number of fused-ring (bicyclic) bond motifs is 3. The molecule has 1 aliphatic carbocycles. The summed E-state index contributed by atoms with van der Waals surface area (Å²) in [6, 6.07) is 18.7. The SMILES string of the molecule is CCc1nc2ccccc2n(CC2CC2)c1=O.CCn1c(=O)c(C(C)C)nc2ccc(C)cc21.CCn1c(=O)c(CC(C)C)nc2c(F)cccc21. The molecule has 0 spiro atoms. The largest absolute Gasteiger partial charge is 0.305 e. The predicted molar refractivity (Wildman–Crippen MR) is 209 cm³/mol. The summed E-state index contributed by atoms with van der Waals surface area (Å²) in [6.45, 7) is 18.0. The van der Waals surface area contributed by atoms with Gasteiger partial charge in [-0.3, -0.25) is 14.4 Å². The minimum absolute atomic E-state index is 0.0422. The van der Waals surface area contributed by atoms with E-state index in [4.69, 9.17) is 0 Å². The smallest absolute Gasteiger partial charge is 0.272 e. The van der Waals surface area contributed by atoms with Crippen LogP contribution >= 0.6 is 0 Å². The standard InChI is InChI=1S/C14H17FN2O.C14H16N2O.C14H18N2O/c1-4-17-12-7-5-6-10(15)13(12)16-11(14(17)18)8-9(2)3;1-2-11-14(17)16(9-10-7-8-10)13-6-4-3-5-12(13)15-11;1-5-16-12-8-10(4)6-7-11(12)15-13(9(2)3)14(16)17/h5-7,9H,4,8H2,1-3H3;3-6,10H,2,7-9H2,1H3;6-9H,5H2,1-4H3. The van der Waals surface area contributed by atoms with Gasteiger partial charge >= 0.3 is 0 Å². The van der Waals surface area contributed by atoms with E-state index in [0.29, 0.717) is 60.4 Å². The summed E-state index contributed by atoms with van der Waals surface area (Å²) in [6.07, 6.45) is 3.78. The molecule has 1 aliphatic rings. The lowest BCUT2D eigenvalue weighted by molar-refractivity contribution is 0.608. The molecule has 0 aliphatic heterocycles. The van der Waals surface area contributed by atoms with Crippen molar-refractivity contribution in [2.75, 3.05) is 0 Å². The first kappa shape index (κ1) is 38.2. The van der Waals surface area contributed by atoms with Crippen molar-refractivity contribution in [3.63, 3.8) is 0 Å². The van der Waals surface area contributed by atoms with Gasteiger partial charge in [0, 0.05) is 25.6 Å². The number of hydrogen-bond donors (Lipinski definition) is 0. The van der Waals surface area contributed by atoms with E-state index in [9.17, 15) is 18.8 Å². The van der Waals surface area contributed by atoms with Gasteiger partial charge in [0.2, 0.25) is 0 Å². The third kappa shape index (κ3) is 8.38. The lowest BCUT2D eigenvalue weighted by atomic mass is 10.1. The maximum atomic E-state index is 13.8. The second-order valence-electron chi connectivity index (χ2n) is 14.3. The summed E-state index contributed by atoms with van der Waals surface area (Å²) >= 11 is 0. The molecule has 1 fully saturated rings. The van der Waals surface area contributed by atoms with Crippen LogP contribution in [-0.2, 0) is 32.5 Å². The maximum absolute atomic E-state index is 13.8. The summed E-state index contributed by atoms with van der Waals surface area (Å²) in [7, 11) is 0. The normalized spacial score (nSPS) is 12.7. The quantitative estimate of drug-likeness (QED) is 0.159. The number of rotatable bonds is 8. The molecule has 7 rings (SSSR count). The van der Waals surface area contributed by atoms with Gasteiger partial charge in [0.1, 0.15) is 22.6 Å². The third-order valence-electron chi connectivity index (χ3n) is 9.30. The van der Waals surface area contributed by atoms with Crippen molar-refractivity contribution in [1.82, 2.24) is 28.7 Å². The Labute approximate surface area is 304 Å². The highest BCUT2D eigenvalue weighted by atomic mass is 19.1. The first-order valence-electron chi connectivity index (χ1n) is 18.6. The van der Waals surface area contributed by atoms with Crippen LogP contribution in [0, 0.1) is 24.6 Å². The van der Waals surface area contributed by atoms with Gasteiger partial charge in [-0.25, -0.2) is 19.3 Å². The van der Waals surface area contributed by atoms with Crippen molar-refractivity contribution in [2.24, 2.45) is 11.8 Å². The fraction of sp³-hybridized carbons (Fsp3) is 0.429. The van der Waals surface area contributed by atoms with Crippen LogP contribution in [-0.4, -0.2) is 28.7 Å². The molecule has 0 amide bonds. The molecule has 10 heteroatoms. The maximum Gasteiger partial charge on any atom is 0.272 e. The molecule has 274 valence electrons. The van der Waals surface area contributed by atoms with Crippen LogP contribution in [0.1, 0.15) is 89.9 Å². The molecule has 0 radical (unpaired) electrons. The van der Waals surface area contributed by atoms with E-state index in [1.165, 1.54) is 18.9 Å². The fourth-order valence-electron chi connectivity index (χ4n) is 6.39. The lowest BCUT2D eigenvalue weighted by Crippen LogP contribution is -2.26. The van der Waals surface area contributed by atoms with E-state index in [1.807, 2.05) is 107 Å². The summed E-state index contributed by atoms with van der Waals surface area (Å²) in [5, 5.41) is 0. The van der Waals surface area contributed by atoms with Gasteiger partial charge in [0.15, 0.2) is 5.82 Å². The average Bonchev–Trinajstić information content (AvgIpc) is 3.94. The molecule has 1 saturated carbocycles. The summed E-state index contributed by atoms with van der Waals surface area (Å²) < 4.78 is 19.1. The molecular weight excluding hydrogens is 655 g/mol. The Morgan fingerprint density at radius 1 is 0.712 bits per heavy atom. The van der Waals surface area contributed by atoms with E-state index in [1.54, 1.807) is 16.7 Å². The zero-order valence-electron chi connectivity index (χ0n) is 31.7. The van der Waals surface area contributed by atoms with Gasteiger partial charge in [-0.1, -0.05) is 58.9 Å². The van der Waals surface area contributed by atoms with E-state index >= 15 is 0 Å². The van der Waals surface area contributed by atoms with Crippen LogP contribution < -0.4 is 16.7 Å². The van der Waals surface area contributed by atoms with Gasteiger partial charge in [-0.2, -0.15) is 0 Å². The predicted octanol–water partition coefficient (Wildman–Crippen LogP) is 7.97. The monoisotopic (exact) mass is 706 g/mol. The third-order valence-corrected chi connectivity index (χ3v) is 9.30. The highest BCUT2D eigenvalue weighted by Crippen LogP contribution is 2.31. The van der Waals surface area contributed by atoms with Crippen LogP contribution in [0.5, 0.6) is 0 Å². The van der Waals surface area contributed by atoms with Crippen molar-refractivity contribution < 1.29 is 4.39 Å². The molecule has 52 heavy (non-hydrogen) atoms. The lowest BCUT2D eigenvalue weighted by Gasteiger charge is -2.12. The van der Waals surface area contributed by atoms with Crippen molar-refractivity contribution in [1.29, 1.82) is 0 Å². The Morgan fingerprint density at radius 2 is 1.35 bits per heavy atom. The van der Waals surface area contributed by atoms with E-state index in [0.717, 1.165) is 34.2 Å². The molecule has 6 aromatic rings. The van der Waals surface area contributed by atoms with Crippen LogP contribution in [0.4, 0.5) is 4.39 Å². The molecule has 0 N–H and O–H groups in total. The van der Waals surface area contributed by atoms with Crippen molar-refractivity contribution in [2.45, 2.75) is 107 Å². The molecule has 0 saturated heterocycles. The minimum atomic E-state index is -0.375. The van der Waals surface area contributed by atoms with Gasteiger partial charge in [0.25, 0.3) is 16.7 Å². The van der Waals surface area contributed by atoms with Gasteiger partial charge < -0.3 is 13.7 Å². The fourth-order valence-corrected chi connectivity index (χ4v) is 6.39. The number of para-hydroxylation sites is 3. The zero-order valence-corrected chi connectivity index (χ0v) is 31.7. The van der Waals surface area contributed by atoms with E-state index < -0.39 is 0 Å². The van der Waals surface area contributed by atoms with Crippen LogP contribution in [0.25, 0.3) is 33.1 Å². The molecule has 3 aromatic heterocycles. The number of hydrogen-bond acceptors (Lipinski definition) is 6. The molecule has 3 aromatic carbocycles. The first-order chi connectivity index (χ1) is 24.9. The molecule has 0 bridgehead atoms. The molecule has 9 nitrogen and oxygen atoms in total. The summed E-state index contributed by atoms with van der Waals surface area (Å²) in [5.74, 6) is 0.800. The number of aromatic nitrogens is 6. The number of aryl methyl sites for hydroxylation is 4. The number of nitrogens with zero attached hydrogens (tertiary/aromatic N) is 6. The van der Waals surface area contributed by atoms with Crippen molar-refractivity contribution in [3.05, 3.63) is 120 Å².